The van der Waals surface area contributed by atoms with E-state index in [1.807, 2.05) is 25.3 Å². The Bertz CT molecular complexity index is 438. The van der Waals surface area contributed by atoms with E-state index in [1.165, 1.54) is 0 Å². The Kier molecular flexibility index (Phi) is 3.89. The lowest BCUT2D eigenvalue weighted by Gasteiger charge is -2.10. The van der Waals surface area contributed by atoms with Gasteiger partial charge in [0.25, 0.3) is 0 Å². The molecule has 92 valence electrons. The van der Waals surface area contributed by atoms with Gasteiger partial charge in [0.15, 0.2) is 0 Å². The predicted molar refractivity (Wildman–Crippen MR) is 61.2 cm³/mol. The van der Waals surface area contributed by atoms with E-state index in [0.29, 0.717) is 19.6 Å². The SMILES string of the molecule is Cc1cc(CNCC(O)Cn2cccn2)no1. The third kappa shape index (κ3) is 3.69. The smallest absolute Gasteiger partial charge is 0.133 e. The fourth-order valence-electron chi connectivity index (χ4n) is 1.56. The number of aryl methyl sites for hydroxylation is 1. The second kappa shape index (κ2) is 5.60. The summed E-state index contributed by atoms with van der Waals surface area (Å²) < 4.78 is 6.64. The maximum Gasteiger partial charge on any atom is 0.133 e. The molecule has 2 N–H and O–H groups in total. The van der Waals surface area contributed by atoms with Gasteiger partial charge in [-0.15, -0.1) is 0 Å². The lowest BCUT2D eigenvalue weighted by molar-refractivity contribution is 0.146. The molecule has 0 bridgehead atoms. The van der Waals surface area contributed by atoms with Crippen molar-refractivity contribution in [2.45, 2.75) is 26.1 Å². The van der Waals surface area contributed by atoms with Crippen LogP contribution in [-0.2, 0) is 13.1 Å². The van der Waals surface area contributed by atoms with Crippen molar-refractivity contribution < 1.29 is 9.63 Å². The van der Waals surface area contributed by atoms with E-state index in [1.54, 1.807) is 10.9 Å². The molecule has 6 heteroatoms. The summed E-state index contributed by atoms with van der Waals surface area (Å²) >= 11 is 0. The van der Waals surface area contributed by atoms with Gasteiger partial charge in [0.1, 0.15) is 5.76 Å². The van der Waals surface area contributed by atoms with E-state index < -0.39 is 6.10 Å². The van der Waals surface area contributed by atoms with Gasteiger partial charge in [-0.25, -0.2) is 0 Å². The summed E-state index contributed by atoms with van der Waals surface area (Å²) in [6.45, 7) is 3.42. The van der Waals surface area contributed by atoms with Crippen molar-refractivity contribution >= 4 is 0 Å². The van der Waals surface area contributed by atoms with Crippen LogP contribution < -0.4 is 5.32 Å². The number of nitrogens with zero attached hydrogens (tertiary/aromatic N) is 3. The molecule has 0 spiro atoms. The molecule has 0 saturated carbocycles. The average molecular weight is 236 g/mol. The van der Waals surface area contributed by atoms with Crippen molar-refractivity contribution in [1.29, 1.82) is 0 Å². The van der Waals surface area contributed by atoms with Gasteiger partial charge < -0.3 is 14.9 Å². The molecule has 0 fully saturated rings. The minimum Gasteiger partial charge on any atom is -0.390 e. The van der Waals surface area contributed by atoms with E-state index in [4.69, 9.17) is 4.52 Å². The molecule has 6 nitrogen and oxygen atoms in total. The summed E-state index contributed by atoms with van der Waals surface area (Å²) in [6, 6.07) is 3.70. The van der Waals surface area contributed by atoms with Crippen LogP contribution in [0, 0.1) is 6.92 Å². The second-order valence-electron chi connectivity index (χ2n) is 3.94. The van der Waals surface area contributed by atoms with Crippen LogP contribution >= 0.6 is 0 Å². The zero-order chi connectivity index (χ0) is 12.1. The molecular formula is C11H16N4O2. The van der Waals surface area contributed by atoms with Gasteiger partial charge in [-0.3, -0.25) is 4.68 Å². The maximum absolute atomic E-state index is 9.74. The molecule has 0 aliphatic rings. The van der Waals surface area contributed by atoms with Crippen molar-refractivity contribution in [2.75, 3.05) is 6.54 Å². The van der Waals surface area contributed by atoms with Gasteiger partial charge >= 0.3 is 0 Å². The molecule has 2 aromatic rings. The highest BCUT2D eigenvalue weighted by atomic mass is 16.5. The van der Waals surface area contributed by atoms with Crippen LogP contribution in [0.3, 0.4) is 0 Å². The monoisotopic (exact) mass is 236 g/mol. The number of hydrogen-bond donors (Lipinski definition) is 2. The topological polar surface area (TPSA) is 76.1 Å². The standard InChI is InChI=1S/C11H16N4O2/c1-9-5-10(14-17-9)6-12-7-11(16)8-15-4-2-3-13-15/h2-5,11-12,16H,6-8H2,1H3. The van der Waals surface area contributed by atoms with Crippen LogP contribution in [0.15, 0.2) is 29.0 Å². The van der Waals surface area contributed by atoms with Crippen LogP contribution in [0.25, 0.3) is 0 Å². The van der Waals surface area contributed by atoms with Gasteiger partial charge in [-0.05, 0) is 13.0 Å². The van der Waals surface area contributed by atoms with E-state index >= 15 is 0 Å². The van der Waals surface area contributed by atoms with E-state index in [-0.39, 0.29) is 0 Å². The Hall–Kier alpha value is -1.66. The Morgan fingerprint density at radius 2 is 2.47 bits per heavy atom. The summed E-state index contributed by atoms with van der Waals surface area (Å²) in [7, 11) is 0. The highest BCUT2D eigenvalue weighted by Gasteiger charge is 2.06. The van der Waals surface area contributed by atoms with Crippen molar-refractivity contribution in [2.24, 2.45) is 0 Å². The minimum absolute atomic E-state index is 0.470. The molecule has 0 radical (unpaired) electrons. The zero-order valence-electron chi connectivity index (χ0n) is 9.71. The first-order valence-corrected chi connectivity index (χ1v) is 5.52. The van der Waals surface area contributed by atoms with Crippen LogP contribution in [0.2, 0.25) is 0 Å². The highest BCUT2D eigenvalue weighted by molar-refractivity contribution is 5.02. The molecule has 0 amide bonds. The molecule has 2 rings (SSSR count). The highest BCUT2D eigenvalue weighted by Crippen LogP contribution is 2.00. The second-order valence-corrected chi connectivity index (χ2v) is 3.94. The largest absolute Gasteiger partial charge is 0.390 e. The quantitative estimate of drug-likeness (QED) is 0.756. The molecule has 0 saturated heterocycles. The molecule has 2 aromatic heterocycles. The summed E-state index contributed by atoms with van der Waals surface area (Å²) in [5.74, 6) is 0.791. The first-order valence-electron chi connectivity index (χ1n) is 5.52. The first kappa shape index (κ1) is 11.8. The van der Waals surface area contributed by atoms with E-state index in [9.17, 15) is 5.11 Å². The van der Waals surface area contributed by atoms with Gasteiger partial charge in [0.2, 0.25) is 0 Å². The molecule has 1 atom stereocenters. The fraction of sp³-hybridized carbons (Fsp3) is 0.455. The van der Waals surface area contributed by atoms with Crippen molar-refractivity contribution in [1.82, 2.24) is 20.3 Å². The van der Waals surface area contributed by atoms with Crippen LogP contribution in [0.4, 0.5) is 0 Å². The molecule has 17 heavy (non-hydrogen) atoms. The van der Waals surface area contributed by atoms with Crippen molar-refractivity contribution in [3.05, 3.63) is 36.0 Å². The molecule has 0 aromatic carbocycles. The number of hydrogen-bond acceptors (Lipinski definition) is 5. The Morgan fingerprint density at radius 3 is 3.12 bits per heavy atom. The van der Waals surface area contributed by atoms with Crippen LogP contribution in [0.5, 0.6) is 0 Å². The average Bonchev–Trinajstić information content (AvgIpc) is 2.90. The fourth-order valence-corrected chi connectivity index (χ4v) is 1.56. The molecule has 0 aliphatic carbocycles. The molecule has 1 unspecified atom stereocenters. The Balaban J connectivity index is 1.68. The van der Waals surface area contributed by atoms with Gasteiger partial charge in [0.05, 0.1) is 18.3 Å². The zero-order valence-corrected chi connectivity index (χ0v) is 9.71. The van der Waals surface area contributed by atoms with E-state index in [0.717, 1.165) is 11.5 Å². The lowest BCUT2D eigenvalue weighted by Crippen LogP contribution is -2.30. The number of aromatic nitrogens is 3. The number of nitrogens with one attached hydrogen (secondary N) is 1. The number of aliphatic hydroxyl groups excluding tert-OH is 1. The Labute approximate surface area is 99.2 Å². The first-order chi connectivity index (χ1) is 8.24. The molecular weight excluding hydrogens is 220 g/mol. The summed E-state index contributed by atoms with van der Waals surface area (Å²) in [5.41, 5.74) is 0.841. The predicted octanol–water partition coefficient (Wildman–Crippen LogP) is 0.330. The maximum atomic E-state index is 9.74. The van der Waals surface area contributed by atoms with Gasteiger partial charge in [-0.1, -0.05) is 5.16 Å². The summed E-state index contributed by atoms with van der Waals surface area (Å²) in [6.07, 6.45) is 3.05. The Morgan fingerprint density at radius 1 is 1.59 bits per heavy atom. The van der Waals surface area contributed by atoms with Crippen molar-refractivity contribution in [3.63, 3.8) is 0 Å². The van der Waals surface area contributed by atoms with Gasteiger partial charge in [0, 0.05) is 31.5 Å². The third-order valence-corrected chi connectivity index (χ3v) is 2.32. The number of aliphatic hydroxyl groups is 1. The molecule has 2 heterocycles. The van der Waals surface area contributed by atoms with Crippen molar-refractivity contribution in [3.8, 4) is 0 Å². The van der Waals surface area contributed by atoms with Crippen LogP contribution in [-0.4, -0.2) is 32.7 Å². The summed E-state index contributed by atoms with van der Waals surface area (Å²) in [5, 5.41) is 20.7. The van der Waals surface area contributed by atoms with Gasteiger partial charge in [-0.2, -0.15) is 5.10 Å². The normalized spacial score (nSPS) is 12.8. The minimum atomic E-state index is -0.470. The van der Waals surface area contributed by atoms with Crippen LogP contribution in [0.1, 0.15) is 11.5 Å². The summed E-state index contributed by atoms with van der Waals surface area (Å²) in [4.78, 5) is 0. The third-order valence-electron chi connectivity index (χ3n) is 2.32. The molecule has 0 aliphatic heterocycles. The lowest BCUT2D eigenvalue weighted by atomic mass is 10.3. The van der Waals surface area contributed by atoms with E-state index in [2.05, 4.69) is 15.6 Å². The number of rotatable bonds is 6.